The molecule has 2 aliphatic rings. The first kappa shape index (κ1) is 23.0. The van der Waals surface area contributed by atoms with Crippen LogP contribution in [-0.2, 0) is 0 Å². The maximum Gasteiger partial charge on any atom is 0.00571 e. The van der Waals surface area contributed by atoms with Crippen molar-refractivity contribution < 1.29 is 0 Å². The molecule has 0 saturated carbocycles. The first-order valence-corrected chi connectivity index (χ1v) is 14.1. The van der Waals surface area contributed by atoms with Crippen LogP contribution in [0.5, 0.6) is 0 Å². The molecular formula is C40H28. The monoisotopic (exact) mass is 508 g/mol. The second-order valence-corrected chi connectivity index (χ2v) is 11.0. The van der Waals surface area contributed by atoms with Gasteiger partial charge in [-0.2, -0.15) is 0 Å². The van der Waals surface area contributed by atoms with Gasteiger partial charge in [0.25, 0.3) is 0 Å². The van der Waals surface area contributed by atoms with Crippen LogP contribution in [0.3, 0.4) is 0 Å². The fourth-order valence-electron chi connectivity index (χ4n) is 6.46. The van der Waals surface area contributed by atoms with Gasteiger partial charge in [0.15, 0.2) is 0 Å². The van der Waals surface area contributed by atoms with E-state index in [1.165, 1.54) is 65.7 Å². The Bertz CT molecular complexity index is 2060. The fraction of sp³-hybridized carbons (Fsp3) is 0.0500. The summed E-state index contributed by atoms with van der Waals surface area (Å²) in [4.78, 5) is 0. The lowest BCUT2D eigenvalue weighted by molar-refractivity contribution is 0.665. The largest absolute Gasteiger partial charge is 0.0761 e. The predicted octanol–water partition coefficient (Wildman–Crippen LogP) is 10.7. The van der Waals surface area contributed by atoms with E-state index in [1.807, 2.05) is 0 Å². The summed E-state index contributed by atoms with van der Waals surface area (Å²) in [5.74, 6) is 0.747. The highest BCUT2D eigenvalue weighted by molar-refractivity contribution is 6.13. The van der Waals surface area contributed by atoms with Gasteiger partial charge < -0.3 is 0 Å². The molecule has 0 heterocycles. The molecule has 0 saturated heterocycles. The topological polar surface area (TPSA) is 0 Å². The van der Waals surface area contributed by atoms with Crippen molar-refractivity contribution >= 4 is 43.5 Å². The molecule has 188 valence electrons. The Morgan fingerprint density at radius 3 is 1.75 bits per heavy atom. The van der Waals surface area contributed by atoms with Crippen LogP contribution in [-0.4, -0.2) is 0 Å². The number of hydrogen-bond acceptors (Lipinski definition) is 0. The van der Waals surface area contributed by atoms with E-state index in [1.54, 1.807) is 0 Å². The second-order valence-electron chi connectivity index (χ2n) is 11.0. The van der Waals surface area contributed by atoms with Crippen LogP contribution in [0.1, 0.15) is 11.1 Å². The van der Waals surface area contributed by atoms with Crippen LogP contribution < -0.4 is 0 Å². The van der Waals surface area contributed by atoms with Crippen molar-refractivity contribution in [1.29, 1.82) is 0 Å². The summed E-state index contributed by atoms with van der Waals surface area (Å²) < 4.78 is 0. The second kappa shape index (κ2) is 9.36. The molecule has 0 aliphatic heterocycles. The van der Waals surface area contributed by atoms with E-state index in [0.29, 0.717) is 11.8 Å². The third kappa shape index (κ3) is 3.92. The Morgan fingerprint density at radius 1 is 0.375 bits per heavy atom. The number of allylic oxidation sites excluding steroid dienone is 8. The van der Waals surface area contributed by atoms with E-state index in [0.717, 1.165) is 0 Å². The maximum atomic E-state index is 2.44. The summed E-state index contributed by atoms with van der Waals surface area (Å²) in [5, 5.41) is 7.77. The molecule has 0 aromatic heterocycles. The number of benzene rings is 6. The lowest BCUT2D eigenvalue weighted by Gasteiger charge is -2.26. The van der Waals surface area contributed by atoms with E-state index in [-0.39, 0.29) is 0 Å². The Labute approximate surface area is 234 Å². The summed E-state index contributed by atoms with van der Waals surface area (Å²) >= 11 is 0. The zero-order chi connectivity index (χ0) is 26.5. The van der Waals surface area contributed by atoms with Gasteiger partial charge in [0.2, 0.25) is 0 Å². The summed E-state index contributed by atoms with van der Waals surface area (Å²) in [6.45, 7) is 0. The maximum absolute atomic E-state index is 2.44. The molecular weight excluding hydrogens is 480 g/mol. The van der Waals surface area contributed by atoms with Gasteiger partial charge in [-0.1, -0.05) is 140 Å². The van der Waals surface area contributed by atoms with Crippen molar-refractivity contribution in [3.8, 4) is 11.1 Å². The molecule has 2 aliphatic carbocycles. The lowest BCUT2D eigenvalue weighted by Crippen LogP contribution is -2.13. The molecule has 6 aromatic carbocycles. The van der Waals surface area contributed by atoms with Crippen LogP contribution in [0.15, 0.2) is 158 Å². The first-order chi connectivity index (χ1) is 19.8. The predicted molar refractivity (Wildman–Crippen MR) is 172 cm³/mol. The van der Waals surface area contributed by atoms with Gasteiger partial charge >= 0.3 is 0 Å². The first-order valence-electron chi connectivity index (χ1n) is 14.1. The average Bonchev–Trinajstić information content (AvgIpc) is 3.03. The van der Waals surface area contributed by atoms with Crippen molar-refractivity contribution in [2.75, 3.05) is 0 Å². The molecule has 8 rings (SSSR count). The minimum Gasteiger partial charge on any atom is -0.0761 e. The van der Waals surface area contributed by atoms with Crippen LogP contribution in [0.2, 0.25) is 0 Å². The highest BCUT2D eigenvalue weighted by Crippen LogP contribution is 2.39. The molecule has 2 unspecified atom stereocenters. The molecule has 6 aromatic rings. The van der Waals surface area contributed by atoms with Crippen LogP contribution in [0, 0.1) is 11.8 Å². The Morgan fingerprint density at radius 2 is 0.975 bits per heavy atom. The lowest BCUT2D eigenvalue weighted by atomic mass is 9.78. The molecule has 2 atom stereocenters. The highest BCUT2D eigenvalue weighted by atomic mass is 14.3. The quantitative estimate of drug-likeness (QED) is 0.209. The van der Waals surface area contributed by atoms with Crippen molar-refractivity contribution in [3.63, 3.8) is 0 Å². The molecule has 0 amide bonds. The molecule has 0 radical (unpaired) electrons. The van der Waals surface area contributed by atoms with Gasteiger partial charge in [-0.25, -0.2) is 0 Å². The van der Waals surface area contributed by atoms with Crippen molar-refractivity contribution in [1.82, 2.24) is 0 Å². The number of fused-ring (bicyclic) bond motifs is 5. The minimum absolute atomic E-state index is 0.370. The Hall–Kier alpha value is -4.94. The zero-order valence-corrected chi connectivity index (χ0v) is 22.2. The van der Waals surface area contributed by atoms with Crippen molar-refractivity contribution in [3.05, 3.63) is 169 Å². The number of rotatable bonds is 3. The summed E-state index contributed by atoms with van der Waals surface area (Å²) in [6.07, 6.45) is 14.2. The minimum atomic E-state index is 0.370. The van der Waals surface area contributed by atoms with Crippen LogP contribution in [0.25, 0.3) is 54.6 Å². The van der Waals surface area contributed by atoms with Crippen LogP contribution >= 0.6 is 0 Å². The van der Waals surface area contributed by atoms with Crippen molar-refractivity contribution in [2.24, 2.45) is 11.8 Å². The normalized spacial score (nSPS) is 18.1. The van der Waals surface area contributed by atoms with Gasteiger partial charge in [0.05, 0.1) is 0 Å². The standard InChI is InChI=1S/C40H28/c1-2-9-28-22-31(17-16-27(28)8-1)33-21-20-32-23-30(18-19-34(32)24-33)29-11-7-12-35(25-29)40-26-36-10-3-4-13-37(36)38-14-5-6-15-39(38)40/h1-26,32,34H. The summed E-state index contributed by atoms with van der Waals surface area (Å²) in [6, 6.07) is 44.2. The third-order valence-corrected chi connectivity index (χ3v) is 8.54. The van der Waals surface area contributed by atoms with E-state index >= 15 is 0 Å². The Kier molecular flexibility index (Phi) is 5.38. The number of hydrogen-bond donors (Lipinski definition) is 0. The summed E-state index contributed by atoms with van der Waals surface area (Å²) in [5.41, 5.74) is 7.69. The fourth-order valence-corrected chi connectivity index (χ4v) is 6.46. The SMILES string of the molecule is C1=CC2C=C(c3ccc4ccccc4c3)C=CC2C=C1c1cccc(-c2cc3ccccc3c3ccccc23)c1. The highest BCUT2D eigenvalue weighted by Gasteiger charge is 2.22. The average molecular weight is 509 g/mol. The van der Waals surface area contributed by atoms with Gasteiger partial charge in [0, 0.05) is 11.8 Å². The molecule has 40 heavy (non-hydrogen) atoms. The molecule has 0 fully saturated rings. The van der Waals surface area contributed by atoms with Gasteiger partial charge in [-0.15, -0.1) is 0 Å². The molecule has 0 N–H and O–H groups in total. The molecule has 0 nitrogen and oxygen atoms in total. The van der Waals surface area contributed by atoms with E-state index in [4.69, 9.17) is 0 Å². The van der Waals surface area contributed by atoms with E-state index < -0.39 is 0 Å². The van der Waals surface area contributed by atoms with Gasteiger partial charge in [0.1, 0.15) is 0 Å². The van der Waals surface area contributed by atoms with Gasteiger partial charge in [-0.3, -0.25) is 0 Å². The van der Waals surface area contributed by atoms with Crippen LogP contribution in [0.4, 0.5) is 0 Å². The zero-order valence-electron chi connectivity index (χ0n) is 22.2. The third-order valence-electron chi connectivity index (χ3n) is 8.54. The van der Waals surface area contributed by atoms with E-state index in [9.17, 15) is 0 Å². The molecule has 0 heteroatoms. The smallest absolute Gasteiger partial charge is 0.00571 e. The van der Waals surface area contributed by atoms with Gasteiger partial charge in [-0.05, 0) is 83.9 Å². The summed E-state index contributed by atoms with van der Waals surface area (Å²) in [7, 11) is 0. The van der Waals surface area contributed by atoms with E-state index in [2.05, 4.69) is 158 Å². The van der Waals surface area contributed by atoms with Crippen molar-refractivity contribution in [2.45, 2.75) is 0 Å². The molecule has 0 bridgehead atoms. The Balaban J connectivity index is 1.13. The molecule has 0 spiro atoms.